The zero-order valence-electron chi connectivity index (χ0n) is 11.9. The average molecular weight is 264 g/mol. The van der Waals surface area contributed by atoms with Gasteiger partial charge < -0.3 is 9.84 Å². The highest BCUT2D eigenvalue weighted by Gasteiger charge is 2.37. The molecule has 1 aromatic heterocycles. The van der Waals surface area contributed by atoms with Gasteiger partial charge in [-0.05, 0) is 24.7 Å². The van der Waals surface area contributed by atoms with Crippen molar-refractivity contribution >= 4 is 0 Å². The van der Waals surface area contributed by atoms with Gasteiger partial charge in [-0.1, -0.05) is 19.0 Å². The van der Waals surface area contributed by atoms with Crippen LogP contribution in [0.3, 0.4) is 0 Å². The first-order valence-corrected chi connectivity index (χ1v) is 7.46. The van der Waals surface area contributed by atoms with Crippen molar-refractivity contribution in [2.45, 2.75) is 45.2 Å². The van der Waals surface area contributed by atoms with Crippen molar-refractivity contribution in [2.75, 3.05) is 19.6 Å². The molecule has 0 spiro atoms. The minimum atomic E-state index is 0.627. The second-order valence-corrected chi connectivity index (χ2v) is 6.26. The lowest BCUT2D eigenvalue weighted by Gasteiger charge is -2.42. The van der Waals surface area contributed by atoms with Gasteiger partial charge in [-0.2, -0.15) is 4.98 Å². The molecule has 2 atom stereocenters. The molecule has 2 unspecified atom stereocenters. The molecule has 2 fully saturated rings. The molecule has 1 aliphatic carbocycles. The number of hydrogen-bond acceptors (Lipinski definition) is 5. The van der Waals surface area contributed by atoms with E-state index in [2.05, 4.69) is 34.2 Å². The summed E-state index contributed by atoms with van der Waals surface area (Å²) in [5.41, 5.74) is 0. The van der Waals surface area contributed by atoms with E-state index in [1.807, 2.05) is 0 Å². The Bertz CT molecular complexity index is 388. The van der Waals surface area contributed by atoms with E-state index in [0.717, 1.165) is 31.3 Å². The summed E-state index contributed by atoms with van der Waals surface area (Å²) in [6.07, 6.45) is 5.11. The SMILES string of the molecule is CC(C)C1CNC(C2CC2)CN1CCc1ncon1. The second-order valence-electron chi connectivity index (χ2n) is 6.26. The van der Waals surface area contributed by atoms with E-state index in [9.17, 15) is 0 Å². The Labute approximate surface area is 114 Å². The smallest absolute Gasteiger partial charge is 0.213 e. The van der Waals surface area contributed by atoms with Crippen LogP contribution < -0.4 is 5.32 Å². The fourth-order valence-electron chi connectivity index (χ4n) is 3.13. The highest BCUT2D eigenvalue weighted by atomic mass is 16.5. The summed E-state index contributed by atoms with van der Waals surface area (Å²) < 4.78 is 4.81. The summed E-state index contributed by atoms with van der Waals surface area (Å²) in [5.74, 6) is 2.42. The topological polar surface area (TPSA) is 54.2 Å². The molecule has 0 amide bonds. The summed E-state index contributed by atoms with van der Waals surface area (Å²) in [6.45, 7) is 7.94. The Kier molecular flexibility index (Phi) is 3.84. The van der Waals surface area contributed by atoms with Crippen LogP contribution in [0, 0.1) is 11.8 Å². The van der Waals surface area contributed by atoms with Crippen LogP contribution in [0.2, 0.25) is 0 Å². The number of piperazine rings is 1. The molecule has 1 aliphatic heterocycles. The number of nitrogens with zero attached hydrogens (tertiary/aromatic N) is 3. The van der Waals surface area contributed by atoms with Crippen LogP contribution in [0.25, 0.3) is 0 Å². The van der Waals surface area contributed by atoms with E-state index in [1.54, 1.807) is 0 Å². The highest BCUT2D eigenvalue weighted by Crippen LogP contribution is 2.34. The van der Waals surface area contributed by atoms with Gasteiger partial charge in [0.2, 0.25) is 6.39 Å². The van der Waals surface area contributed by atoms with E-state index in [4.69, 9.17) is 4.52 Å². The number of hydrogen-bond donors (Lipinski definition) is 1. The summed E-state index contributed by atoms with van der Waals surface area (Å²) in [4.78, 5) is 6.74. The summed E-state index contributed by atoms with van der Waals surface area (Å²) in [7, 11) is 0. The maximum Gasteiger partial charge on any atom is 0.213 e. The summed E-state index contributed by atoms with van der Waals surface area (Å²) in [6, 6.07) is 1.32. The lowest BCUT2D eigenvalue weighted by Crippen LogP contribution is -2.59. The lowest BCUT2D eigenvalue weighted by molar-refractivity contribution is 0.0928. The Morgan fingerprint density at radius 3 is 2.95 bits per heavy atom. The van der Waals surface area contributed by atoms with Gasteiger partial charge in [0.1, 0.15) is 0 Å². The van der Waals surface area contributed by atoms with Gasteiger partial charge in [-0.25, -0.2) is 0 Å². The van der Waals surface area contributed by atoms with Crippen LogP contribution >= 0.6 is 0 Å². The van der Waals surface area contributed by atoms with Crippen molar-refractivity contribution in [2.24, 2.45) is 11.8 Å². The molecule has 0 aromatic carbocycles. The zero-order valence-corrected chi connectivity index (χ0v) is 11.9. The zero-order chi connectivity index (χ0) is 13.2. The van der Waals surface area contributed by atoms with Gasteiger partial charge >= 0.3 is 0 Å². The van der Waals surface area contributed by atoms with Gasteiger partial charge in [-0.15, -0.1) is 0 Å². The third-order valence-corrected chi connectivity index (χ3v) is 4.48. The molecule has 19 heavy (non-hydrogen) atoms. The van der Waals surface area contributed by atoms with Crippen LogP contribution in [0.5, 0.6) is 0 Å². The fourth-order valence-corrected chi connectivity index (χ4v) is 3.13. The van der Waals surface area contributed by atoms with E-state index in [1.165, 1.54) is 25.8 Å². The maximum absolute atomic E-state index is 4.81. The quantitative estimate of drug-likeness (QED) is 0.869. The Morgan fingerprint density at radius 2 is 2.32 bits per heavy atom. The van der Waals surface area contributed by atoms with E-state index < -0.39 is 0 Å². The third kappa shape index (κ3) is 3.15. The standard InChI is InChI=1S/C14H24N4O/c1-10(2)13-7-15-12(11-3-4-11)8-18(13)6-5-14-16-9-19-17-14/h9-13,15H,3-8H2,1-2H3. The molecule has 1 saturated carbocycles. The molecule has 1 aromatic rings. The summed E-state index contributed by atoms with van der Waals surface area (Å²) >= 11 is 0. The molecule has 106 valence electrons. The molecule has 3 rings (SSSR count). The van der Waals surface area contributed by atoms with Gasteiger partial charge in [0.05, 0.1) is 0 Å². The third-order valence-electron chi connectivity index (χ3n) is 4.48. The van der Waals surface area contributed by atoms with Crippen LogP contribution in [0.1, 0.15) is 32.5 Å². The first-order chi connectivity index (χ1) is 9.24. The fraction of sp³-hybridized carbons (Fsp3) is 0.857. The Balaban J connectivity index is 1.59. The normalized spacial score (nSPS) is 29.0. The molecule has 5 heteroatoms. The Hall–Kier alpha value is -0.940. The molecule has 1 saturated heterocycles. The molecule has 5 nitrogen and oxygen atoms in total. The maximum atomic E-state index is 4.81. The van der Waals surface area contributed by atoms with Gasteiger partial charge in [0.25, 0.3) is 0 Å². The van der Waals surface area contributed by atoms with E-state index in [-0.39, 0.29) is 0 Å². The molecule has 2 heterocycles. The highest BCUT2D eigenvalue weighted by molar-refractivity contribution is 4.96. The van der Waals surface area contributed by atoms with Crippen LogP contribution in [-0.4, -0.2) is 46.8 Å². The molecule has 1 N–H and O–H groups in total. The lowest BCUT2D eigenvalue weighted by atomic mass is 9.96. The molecular weight excluding hydrogens is 240 g/mol. The van der Waals surface area contributed by atoms with Crippen LogP contribution in [-0.2, 0) is 6.42 Å². The monoisotopic (exact) mass is 264 g/mol. The van der Waals surface area contributed by atoms with Gasteiger partial charge in [0, 0.05) is 38.1 Å². The minimum absolute atomic E-state index is 0.627. The molecule has 0 bridgehead atoms. The molecule has 0 radical (unpaired) electrons. The first kappa shape index (κ1) is 13.1. The Morgan fingerprint density at radius 1 is 1.47 bits per heavy atom. The van der Waals surface area contributed by atoms with Crippen molar-refractivity contribution in [3.8, 4) is 0 Å². The number of rotatable bonds is 5. The van der Waals surface area contributed by atoms with Gasteiger partial charge in [-0.3, -0.25) is 4.90 Å². The largest absolute Gasteiger partial charge is 0.343 e. The van der Waals surface area contributed by atoms with Crippen molar-refractivity contribution in [1.29, 1.82) is 0 Å². The van der Waals surface area contributed by atoms with Crippen molar-refractivity contribution < 1.29 is 4.52 Å². The average Bonchev–Trinajstić information content (AvgIpc) is 3.13. The van der Waals surface area contributed by atoms with E-state index in [0.29, 0.717) is 18.0 Å². The second kappa shape index (κ2) is 5.59. The van der Waals surface area contributed by atoms with Gasteiger partial charge in [0.15, 0.2) is 5.82 Å². The van der Waals surface area contributed by atoms with Crippen molar-refractivity contribution in [1.82, 2.24) is 20.4 Å². The summed E-state index contributed by atoms with van der Waals surface area (Å²) in [5, 5.41) is 7.65. The minimum Gasteiger partial charge on any atom is -0.343 e. The predicted octanol–water partition coefficient (Wildman–Crippen LogP) is 1.32. The van der Waals surface area contributed by atoms with Crippen molar-refractivity contribution in [3.63, 3.8) is 0 Å². The number of aromatic nitrogens is 2. The molecule has 2 aliphatic rings. The van der Waals surface area contributed by atoms with Crippen LogP contribution in [0.15, 0.2) is 10.9 Å². The predicted molar refractivity (Wildman–Crippen MR) is 72.7 cm³/mol. The van der Waals surface area contributed by atoms with Crippen molar-refractivity contribution in [3.05, 3.63) is 12.2 Å². The molecular formula is C14H24N4O. The number of nitrogens with one attached hydrogen (secondary N) is 1. The first-order valence-electron chi connectivity index (χ1n) is 7.46. The van der Waals surface area contributed by atoms with Crippen LogP contribution in [0.4, 0.5) is 0 Å². The van der Waals surface area contributed by atoms with E-state index >= 15 is 0 Å².